The second-order valence-corrected chi connectivity index (χ2v) is 4.90. The Morgan fingerprint density at radius 2 is 2.06 bits per heavy atom. The predicted octanol–water partition coefficient (Wildman–Crippen LogP) is 2.70. The van der Waals surface area contributed by atoms with Crippen molar-refractivity contribution in [2.75, 3.05) is 0 Å². The SMILES string of the molecule is CC(=O)C(C)Sc1ncnc2ccccc12. The van der Waals surface area contributed by atoms with Crippen LogP contribution in [0.25, 0.3) is 10.9 Å². The summed E-state index contributed by atoms with van der Waals surface area (Å²) < 4.78 is 0. The number of ketones is 1. The first-order valence-electron chi connectivity index (χ1n) is 5.05. The summed E-state index contributed by atoms with van der Waals surface area (Å²) in [6.07, 6.45) is 1.54. The number of nitrogens with zero attached hydrogens (tertiary/aromatic N) is 2. The zero-order valence-electron chi connectivity index (χ0n) is 9.18. The highest BCUT2D eigenvalue weighted by molar-refractivity contribution is 8.00. The zero-order valence-corrected chi connectivity index (χ0v) is 9.99. The number of carbonyl (C=O) groups is 1. The van der Waals surface area contributed by atoms with Gasteiger partial charge in [-0.3, -0.25) is 4.79 Å². The van der Waals surface area contributed by atoms with E-state index in [1.54, 1.807) is 6.92 Å². The molecule has 0 saturated heterocycles. The topological polar surface area (TPSA) is 42.9 Å². The van der Waals surface area contributed by atoms with E-state index in [-0.39, 0.29) is 11.0 Å². The van der Waals surface area contributed by atoms with Crippen LogP contribution in [0.15, 0.2) is 35.6 Å². The lowest BCUT2D eigenvalue weighted by atomic mass is 10.2. The highest BCUT2D eigenvalue weighted by Crippen LogP contribution is 2.27. The molecule has 1 aromatic carbocycles. The van der Waals surface area contributed by atoms with Crippen LogP contribution in [0.4, 0.5) is 0 Å². The molecule has 0 N–H and O–H groups in total. The average Bonchev–Trinajstić information content (AvgIpc) is 2.29. The fourth-order valence-electron chi connectivity index (χ4n) is 1.32. The maximum absolute atomic E-state index is 11.2. The monoisotopic (exact) mass is 232 g/mol. The van der Waals surface area contributed by atoms with Gasteiger partial charge in [0, 0.05) is 5.39 Å². The molecule has 1 heterocycles. The van der Waals surface area contributed by atoms with Gasteiger partial charge in [-0.15, -0.1) is 0 Å². The van der Waals surface area contributed by atoms with Crippen LogP contribution in [-0.2, 0) is 4.79 Å². The molecule has 1 atom stereocenters. The lowest BCUT2D eigenvalue weighted by Crippen LogP contribution is -2.08. The van der Waals surface area contributed by atoms with Gasteiger partial charge >= 0.3 is 0 Å². The molecule has 16 heavy (non-hydrogen) atoms. The molecule has 0 aliphatic rings. The number of hydrogen-bond donors (Lipinski definition) is 0. The number of para-hydroxylation sites is 1. The van der Waals surface area contributed by atoms with Gasteiger partial charge in [0.1, 0.15) is 17.1 Å². The molecule has 82 valence electrons. The quantitative estimate of drug-likeness (QED) is 0.603. The van der Waals surface area contributed by atoms with E-state index in [0.717, 1.165) is 15.9 Å². The first kappa shape index (κ1) is 11.1. The third kappa shape index (κ3) is 2.22. The maximum atomic E-state index is 11.2. The summed E-state index contributed by atoms with van der Waals surface area (Å²) >= 11 is 1.48. The third-order valence-corrected chi connectivity index (χ3v) is 3.60. The van der Waals surface area contributed by atoms with E-state index >= 15 is 0 Å². The smallest absolute Gasteiger partial charge is 0.142 e. The van der Waals surface area contributed by atoms with Crippen molar-refractivity contribution in [3.05, 3.63) is 30.6 Å². The van der Waals surface area contributed by atoms with E-state index < -0.39 is 0 Å². The summed E-state index contributed by atoms with van der Waals surface area (Å²) in [4.78, 5) is 19.6. The van der Waals surface area contributed by atoms with Crippen molar-refractivity contribution in [2.24, 2.45) is 0 Å². The van der Waals surface area contributed by atoms with E-state index in [1.807, 2.05) is 31.2 Å². The number of hydrogen-bond acceptors (Lipinski definition) is 4. The number of thioether (sulfide) groups is 1. The van der Waals surface area contributed by atoms with Crippen molar-refractivity contribution in [3.63, 3.8) is 0 Å². The van der Waals surface area contributed by atoms with Crippen LogP contribution >= 0.6 is 11.8 Å². The van der Waals surface area contributed by atoms with Gasteiger partial charge in [-0.2, -0.15) is 0 Å². The van der Waals surface area contributed by atoms with Crippen molar-refractivity contribution < 1.29 is 4.79 Å². The molecular formula is C12H12N2OS. The minimum atomic E-state index is -0.0710. The molecular weight excluding hydrogens is 220 g/mol. The summed E-state index contributed by atoms with van der Waals surface area (Å²) in [6.45, 7) is 3.49. The molecule has 0 bridgehead atoms. The summed E-state index contributed by atoms with van der Waals surface area (Å²) in [5.41, 5.74) is 0.913. The van der Waals surface area contributed by atoms with E-state index in [9.17, 15) is 4.79 Å². The standard InChI is InChI=1S/C12H12N2OS/c1-8(15)9(2)16-12-10-5-3-4-6-11(10)13-7-14-12/h3-7,9H,1-2H3. The van der Waals surface area contributed by atoms with Crippen LogP contribution in [-0.4, -0.2) is 21.0 Å². The van der Waals surface area contributed by atoms with Crippen molar-refractivity contribution in [1.29, 1.82) is 0 Å². The van der Waals surface area contributed by atoms with E-state index in [1.165, 1.54) is 18.1 Å². The number of Topliss-reactive ketones (excluding diaryl/α,β-unsaturated/α-hetero) is 1. The van der Waals surface area contributed by atoms with Crippen molar-refractivity contribution >= 4 is 28.4 Å². The molecule has 2 rings (SSSR count). The average molecular weight is 232 g/mol. The highest BCUT2D eigenvalue weighted by Gasteiger charge is 2.12. The second-order valence-electron chi connectivity index (χ2n) is 3.57. The van der Waals surface area contributed by atoms with E-state index in [2.05, 4.69) is 9.97 Å². The summed E-state index contributed by atoms with van der Waals surface area (Å²) in [5, 5.41) is 1.80. The fraction of sp³-hybridized carbons (Fsp3) is 0.250. The molecule has 3 nitrogen and oxygen atoms in total. The Balaban J connectivity index is 2.41. The third-order valence-electron chi connectivity index (χ3n) is 2.37. The van der Waals surface area contributed by atoms with Gasteiger partial charge in [-0.1, -0.05) is 30.0 Å². The minimum absolute atomic E-state index is 0.0710. The normalized spacial score (nSPS) is 12.6. The predicted molar refractivity (Wildman–Crippen MR) is 65.5 cm³/mol. The minimum Gasteiger partial charge on any atom is -0.299 e. The zero-order chi connectivity index (χ0) is 11.5. The number of rotatable bonds is 3. The van der Waals surface area contributed by atoms with Crippen molar-refractivity contribution in [2.45, 2.75) is 24.1 Å². The number of aromatic nitrogens is 2. The Labute approximate surface area is 98.3 Å². The first-order valence-corrected chi connectivity index (χ1v) is 5.93. The molecule has 0 aliphatic carbocycles. The number of fused-ring (bicyclic) bond motifs is 1. The summed E-state index contributed by atoms with van der Waals surface area (Å²) in [7, 11) is 0. The van der Waals surface area contributed by atoms with Crippen LogP contribution in [0, 0.1) is 0 Å². The Morgan fingerprint density at radius 3 is 2.81 bits per heavy atom. The lowest BCUT2D eigenvalue weighted by molar-refractivity contribution is -0.116. The Morgan fingerprint density at radius 1 is 1.31 bits per heavy atom. The molecule has 0 aliphatic heterocycles. The number of benzene rings is 1. The Bertz CT molecular complexity index is 522. The van der Waals surface area contributed by atoms with Crippen LogP contribution in [0.1, 0.15) is 13.8 Å². The highest BCUT2D eigenvalue weighted by atomic mass is 32.2. The second kappa shape index (κ2) is 4.61. The molecule has 2 aromatic rings. The molecule has 0 fully saturated rings. The molecule has 0 saturated carbocycles. The molecule has 1 unspecified atom stereocenters. The largest absolute Gasteiger partial charge is 0.299 e. The molecule has 0 radical (unpaired) electrons. The van der Waals surface area contributed by atoms with Gasteiger partial charge in [0.25, 0.3) is 0 Å². The Hall–Kier alpha value is -1.42. The van der Waals surface area contributed by atoms with E-state index in [0.29, 0.717) is 0 Å². The van der Waals surface area contributed by atoms with Crippen LogP contribution < -0.4 is 0 Å². The molecule has 0 spiro atoms. The first-order chi connectivity index (χ1) is 7.68. The van der Waals surface area contributed by atoms with Crippen LogP contribution in [0.2, 0.25) is 0 Å². The van der Waals surface area contributed by atoms with Gasteiger partial charge in [-0.25, -0.2) is 9.97 Å². The fourth-order valence-corrected chi connectivity index (χ4v) is 2.23. The van der Waals surface area contributed by atoms with Gasteiger partial charge in [0.15, 0.2) is 0 Å². The molecule has 1 aromatic heterocycles. The van der Waals surface area contributed by atoms with Crippen molar-refractivity contribution in [3.8, 4) is 0 Å². The summed E-state index contributed by atoms with van der Waals surface area (Å²) in [6, 6.07) is 7.82. The molecule has 0 amide bonds. The molecule has 4 heteroatoms. The van der Waals surface area contributed by atoms with Crippen LogP contribution in [0.5, 0.6) is 0 Å². The number of carbonyl (C=O) groups excluding carboxylic acids is 1. The van der Waals surface area contributed by atoms with Gasteiger partial charge in [-0.05, 0) is 19.9 Å². The summed E-state index contributed by atoms with van der Waals surface area (Å²) in [5.74, 6) is 0.160. The van der Waals surface area contributed by atoms with E-state index in [4.69, 9.17) is 0 Å². The lowest BCUT2D eigenvalue weighted by Gasteiger charge is -2.08. The van der Waals surface area contributed by atoms with Gasteiger partial charge < -0.3 is 0 Å². The Kier molecular flexibility index (Phi) is 3.19. The van der Waals surface area contributed by atoms with Gasteiger partial charge in [0.05, 0.1) is 10.8 Å². The van der Waals surface area contributed by atoms with Crippen LogP contribution in [0.3, 0.4) is 0 Å². The van der Waals surface area contributed by atoms with Gasteiger partial charge in [0.2, 0.25) is 0 Å². The maximum Gasteiger partial charge on any atom is 0.142 e. The van der Waals surface area contributed by atoms with Crippen molar-refractivity contribution in [1.82, 2.24) is 9.97 Å².